The smallest absolute Gasteiger partial charge is 0.419 e. The van der Waals surface area contributed by atoms with Crippen LogP contribution >= 0.6 is 0 Å². The first-order valence-electron chi connectivity index (χ1n) is 10.5. The van der Waals surface area contributed by atoms with Crippen molar-refractivity contribution in [1.82, 2.24) is 4.98 Å². The molecular formula is C25H22F3NO3. The maximum Gasteiger partial charge on any atom is 0.419 e. The Labute approximate surface area is 183 Å². The summed E-state index contributed by atoms with van der Waals surface area (Å²) in [5.41, 5.74) is 2.38. The fraction of sp³-hybridized carbons (Fsp3) is 0.280. The number of rotatable bonds is 6. The number of nitrogens with zero attached hydrogens (tertiary/aromatic N) is 1. The molecular weight excluding hydrogens is 419 g/mol. The highest BCUT2D eigenvalue weighted by molar-refractivity contribution is 5.89. The molecule has 1 atom stereocenters. The second kappa shape index (κ2) is 9.02. The third kappa shape index (κ3) is 4.77. The van der Waals surface area contributed by atoms with Gasteiger partial charge in [-0.2, -0.15) is 13.2 Å². The third-order valence-corrected chi connectivity index (χ3v) is 5.87. The zero-order valence-electron chi connectivity index (χ0n) is 17.2. The van der Waals surface area contributed by atoms with E-state index in [-0.39, 0.29) is 17.2 Å². The number of alkyl halides is 3. The molecule has 166 valence electrons. The van der Waals surface area contributed by atoms with E-state index in [0.29, 0.717) is 17.7 Å². The molecule has 0 fully saturated rings. The molecule has 1 aliphatic rings. The Morgan fingerprint density at radius 2 is 1.97 bits per heavy atom. The van der Waals surface area contributed by atoms with Gasteiger partial charge in [-0.3, -0.25) is 4.98 Å². The van der Waals surface area contributed by atoms with Crippen LogP contribution in [-0.4, -0.2) is 16.1 Å². The summed E-state index contributed by atoms with van der Waals surface area (Å²) >= 11 is 0. The quantitative estimate of drug-likeness (QED) is 0.466. The third-order valence-electron chi connectivity index (χ3n) is 5.87. The summed E-state index contributed by atoms with van der Waals surface area (Å²) in [5.74, 6) is -0.559. The minimum absolute atomic E-state index is 0.218. The molecule has 0 bridgehead atoms. The molecule has 7 heteroatoms. The number of pyridine rings is 1. The molecule has 0 saturated carbocycles. The van der Waals surface area contributed by atoms with Crippen molar-refractivity contribution in [2.24, 2.45) is 0 Å². The number of aryl methyl sites for hydroxylation is 2. The lowest BCUT2D eigenvalue weighted by atomic mass is 9.79. The molecule has 1 heterocycles. The Kier molecular flexibility index (Phi) is 6.17. The minimum atomic E-state index is -4.49. The van der Waals surface area contributed by atoms with Gasteiger partial charge in [-0.05, 0) is 85.0 Å². The summed E-state index contributed by atoms with van der Waals surface area (Å²) in [6.07, 6.45) is 2.72. The van der Waals surface area contributed by atoms with Crippen LogP contribution in [0.2, 0.25) is 0 Å². The summed E-state index contributed by atoms with van der Waals surface area (Å²) in [4.78, 5) is 15.5. The van der Waals surface area contributed by atoms with Gasteiger partial charge in [0.25, 0.3) is 0 Å². The zero-order valence-corrected chi connectivity index (χ0v) is 17.2. The monoisotopic (exact) mass is 441 g/mol. The molecule has 1 aromatic heterocycles. The number of fused-ring (bicyclic) bond motifs is 1. The summed E-state index contributed by atoms with van der Waals surface area (Å²) < 4.78 is 45.4. The lowest BCUT2D eigenvalue weighted by Gasteiger charge is -2.26. The molecule has 4 rings (SSSR count). The number of hydrogen-bond acceptors (Lipinski definition) is 3. The van der Waals surface area contributed by atoms with E-state index in [1.807, 2.05) is 12.1 Å². The highest BCUT2D eigenvalue weighted by atomic mass is 19.4. The van der Waals surface area contributed by atoms with Gasteiger partial charge < -0.3 is 9.84 Å². The lowest BCUT2D eigenvalue weighted by molar-refractivity contribution is -0.138. The number of carbonyl (C=O) groups is 1. The Morgan fingerprint density at radius 1 is 1.16 bits per heavy atom. The molecule has 1 aliphatic carbocycles. The molecule has 0 aliphatic heterocycles. The number of hydrogen-bond donors (Lipinski definition) is 1. The molecule has 32 heavy (non-hydrogen) atoms. The Morgan fingerprint density at radius 3 is 2.75 bits per heavy atom. The van der Waals surface area contributed by atoms with Crippen LogP contribution in [0.3, 0.4) is 0 Å². The molecule has 3 aromatic rings. The molecule has 0 amide bonds. The number of para-hydroxylation sites is 1. The highest BCUT2D eigenvalue weighted by Crippen LogP contribution is 2.40. The van der Waals surface area contributed by atoms with E-state index in [1.165, 1.54) is 30.5 Å². The highest BCUT2D eigenvalue weighted by Gasteiger charge is 2.34. The summed E-state index contributed by atoms with van der Waals surface area (Å²) in [6, 6.07) is 12.1. The molecule has 0 saturated heterocycles. The Hall–Kier alpha value is -3.35. The number of carboxylic acids is 1. The Balaban J connectivity index is 1.52. The number of halogens is 3. The van der Waals surface area contributed by atoms with Crippen LogP contribution in [0.15, 0.2) is 60.9 Å². The van der Waals surface area contributed by atoms with E-state index in [0.717, 1.165) is 42.9 Å². The van der Waals surface area contributed by atoms with E-state index >= 15 is 0 Å². The normalized spacial score (nSPS) is 15.8. The fourth-order valence-electron chi connectivity index (χ4n) is 4.34. The topological polar surface area (TPSA) is 59.4 Å². The maximum absolute atomic E-state index is 13.3. The van der Waals surface area contributed by atoms with Gasteiger partial charge in [-0.15, -0.1) is 0 Å². The molecule has 1 unspecified atom stereocenters. The average molecular weight is 441 g/mol. The first kappa shape index (κ1) is 21.9. The van der Waals surface area contributed by atoms with Crippen molar-refractivity contribution in [1.29, 1.82) is 0 Å². The van der Waals surface area contributed by atoms with Crippen LogP contribution in [0, 0.1) is 0 Å². The van der Waals surface area contributed by atoms with E-state index in [4.69, 9.17) is 4.74 Å². The van der Waals surface area contributed by atoms with E-state index in [1.54, 1.807) is 12.3 Å². The van der Waals surface area contributed by atoms with Gasteiger partial charge in [0.15, 0.2) is 0 Å². The first-order valence-corrected chi connectivity index (χ1v) is 10.5. The van der Waals surface area contributed by atoms with Gasteiger partial charge in [0.2, 0.25) is 0 Å². The van der Waals surface area contributed by atoms with Crippen molar-refractivity contribution < 1.29 is 27.8 Å². The number of ether oxygens (including phenoxy) is 1. The summed E-state index contributed by atoms with van der Waals surface area (Å²) in [7, 11) is 0. The SMILES string of the molecule is O=C(O)c1ccncc1CCC1CCCc2cc(Oc3ccccc3C(F)(F)F)ccc21. The maximum atomic E-state index is 13.3. The van der Waals surface area contributed by atoms with Crippen LogP contribution < -0.4 is 4.74 Å². The van der Waals surface area contributed by atoms with E-state index in [2.05, 4.69) is 4.98 Å². The number of carboxylic acid groups (broad SMARTS) is 1. The van der Waals surface area contributed by atoms with Gasteiger partial charge in [-0.25, -0.2) is 4.79 Å². The van der Waals surface area contributed by atoms with Crippen LogP contribution in [0.1, 0.15) is 57.8 Å². The van der Waals surface area contributed by atoms with Gasteiger partial charge in [-0.1, -0.05) is 18.2 Å². The first-order chi connectivity index (χ1) is 15.3. The van der Waals surface area contributed by atoms with E-state index in [9.17, 15) is 23.1 Å². The van der Waals surface area contributed by atoms with Gasteiger partial charge in [0.1, 0.15) is 11.5 Å². The number of benzene rings is 2. The average Bonchev–Trinajstić information content (AvgIpc) is 2.77. The summed E-state index contributed by atoms with van der Waals surface area (Å²) in [6.45, 7) is 0. The van der Waals surface area contributed by atoms with Crippen LogP contribution in [-0.2, 0) is 19.0 Å². The number of aromatic carboxylic acids is 1. The van der Waals surface area contributed by atoms with Crippen LogP contribution in [0.25, 0.3) is 0 Å². The van der Waals surface area contributed by atoms with Crippen LogP contribution in [0.5, 0.6) is 11.5 Å². The van der Waals surface area contributed by atoms with Crippen molar-refractivity contribution >= 4 is 5.97 Å². The fourth-order valence-corrected chi connectivity index (χ4v) is 4.34. The lowest BCUT2D eigenvalue weighted by Crippen LogP contribution is -2.12. The van der Waals surface area contributed by atoms with Crippen molar-refractivity contribution in [2.45, 2.75) is 44.2 Å². The molecule has 4 nitrogen and oxygen atoms in total. The van der Waals surface area contributed by atoms with Crippen LogP contribution in [0.4, 0.5) is 13.2 Å². The molecule has 1 N–H and O–H groups in total. The van der Waals surface area contributed by atoms with Crippen molar-refractivity contribution in [3.63, 3.8) is 0 Å². The van der Waals surface area contributed by atoms with Gasteiger partial charge in [0, 0.05) is 12.4 Å². The van der Waals surface area contributed by atoms with Crippen molar-refractivity contribution in [3.8, 4) is 11.5 Å². The standard InChI is InChI=1S/C25H22F3NO3/c26-25(27,28)22-6-1-2-7-23(22)32-19-10-11-20-16(4-3-5-17(20)14-19)8-9-18-15-29-13-12-21(18)24(30)31/h1-2,6-7,10-16H,3-5,8-9H2,(H,30,31). The predicted octanol–water partition coefficient (Wildman–Crippen LogP) is 6.64. The minimum Gasteiger partial charge on any atom is -0.478 e. The Bertz CT molecular complexity index is 1130. The van der Waals surface area contributed by atoms with E-state index < -0.39 is 17.7 Å². The van der Waals surface area contributed by atoms with Crippen molar-refractivity contribution in [3.05, 3.63) is 88.7 Å². The predicted molar refractivity (Wildman–Crippen MR) is 113 cm³/mol. The largest absolute Gasteiger partial charge is 0.478 e. The second-order valence-electron chi connectivity index (χ2n) is 7.92. The second-order valence-corrected chi connectivity index (χ2v) is 7.92. The van der Waals surface area contributed by atoms with Gasteiger partial charge in [0.05, 0.1) is 11.1 Å². The molecule has 0 spiro atoms. The number of aromatic nitrogens is 1. The molecule has 2 aromatic carbocycles. The van der Waals surface area contributed by atoms with Gasteiger partial charge >= 0.3 is 12.1 Å². The zero-order chi connectivity index (χ0) is 22.7. The summed E-state index contributed by atoms with van der Waals surface area (Å²) in [5, 5.41) is 9.37. The van der Waals surface area contributed by atoms with Crippen molar-refractivity contribution in [2.75, 3.05) is 0 Å². The molecule has 0 radical (unpaired) electrons.